The van der Waals surface area contributed by atoms with E-state index in [2.05, 4.69) is 34.3 Å². The molecule has 1 aliphatic heterocycles. The third-order valence-electron chi connectivity index (χ3n) is 4.36. The third kappa shape index (κ3) is 5.78. The second kappa shape index (κ2) is 10.7. The maximum atomic E-state index is 5.90. The summed E-state index contributed by atoms with van der Waals surface area (Å²) in [6.45, 7) is 7.49. The van der Waals surface area contributed by atoms with Crippen molar-refractivity contribution >= 4 is 24.8 Å². The fourth-order valence-electron chi connectivity index (χ4n) is 3.01. The van der Waals surface area contributed by atoms with E-state index in [9.17, 15) is 0 Å². The van der Waals surface area contributed by atoms with Gasteiger partial charge in [0, 0.05) is 5.56 Å². The molecule has 0 spiro atoms. The van der Waals surface area contributed by atoms with Crippen molar-refractivity contribution in [1.29, 1.82) is 0 Å². The molecule has 1 aromatic heterocycles. The van der Waals surface area contributed by atoms with Crippen LogP contribution in [-0.4, -0.2) is 36.1 Å². The summed E-state index contributed by atoms with van der Waals surface area (Å²) >= 11 is 0. The highest BCUT2D eigenvalue weighted by molar-refractivity contribution is 5.85. The molecular formula is C18H27Cl2N3O. The second-order valence-electron chi connectivity index (χ2n) is 6.01. The summed E-state index contributed by atoms with van der Waals surface area (Å²) in [6, 6.07) is 10.2. The van der Waals surface area contributed by atoms with Gasteiger partial charge in [-0.15, -0.1) is 24.8 Å². The number of hydrogen-bond donors (Lipinski definition) is 1. The van der Waals surface area contributed by atoms with Gasteiger partial charge >= 0.3 is 0 Å². The van der Waals surface area contributed by atoms with E-state index < -0.39 is 0 Å². The fraction of sp³-hybridized carbons (Fsp3) is 0.500. The van der Waals surface area contributed by atoms with E-state index >= 15 is 0 Å². The van der Waals surface area contributed by atoms with Crippen molar-refractivity contribution in [3.8, 4) is 11.3 Å². The zero-order valence-corrected chi connectivity index (χ0v) is 15.7. The lowest BCUT2D eigenvalue weighted by Crippen LogP contribution is -2.36. The number of piperidine rings is 1. The molecule has 1 fully saturated rings. The molecule has 1 saturated heterocycles. The second-order valence-corrected chi connectivity index (χ2v) is 6.01. The Labute approximate surface area is 156 Å². The van der Waals surface area contributed by atoms with Crippen molar-refractivity contribution in [2.45, 2.75) is 26.3 Å². The van der Waals surface area contributed by atoms with E-state index in [4.69, 9.17) is 4.42 Å². The standard InChI is InChI=1S/C18H25N3O.2ClH/c1-2-19-12-15-8-10-21(11-9-15)14-18-20-13-17(22-18)16-6-4-3-5-7-16;;/h3-7,13,15,19H,2,8-12,14H2,1H3;2*1H. The summed E-state index contributed by atoms with van der Waals surface area (Å²) in [5.74, 6) is 2.50. The van der Waals surface area contributed by atoms with Crippen LogP contribution in [0.2, 0.25) is 0 Å². The lowest BCUT2D eigenvalue weighted by atomic mass is 9.97. The third-order valence-corrected chi connectivity index (χ3v) is 4.36. The maximum Gasteiger partial charge on any atom is 0.209 e. The highest BCUT2D eigenvalue weighted by Gasteiger charge is 2.20. The quantitative estimate of drug-likeness (QED) is 0.832. The molecule has 4 nitrogen and oxygen atoms in total. The van der Waals surface area contributed by atoms with Gasteiger partial charge in [-0.05, 0) is 44.9 Å². The molecule has 6 heteroatoms. The van der Waals surface area contributed by atoms with Crippen LogP contribution in [0.15, 0.2) is 40.9 Å². The topological polar surface area (TPSA) is 41.3 Å². The molecule has 24 heavy (non-hydrogen) atoms. The molecule has 2 heterocycles. The molecule has 1 aromatic carbocycles. The number of rotatable bonds is 6. The van der Waals surface area contributed by atoms with Gasteiger partial charge in [-0.3, -0.25) is 4.90 Å². The van der Waals surface area contributed by atoms with Crippen molar-refractivity contribution in [1.82, 2.24) is 15.2 Å². The largest absolute Gasteiger partial charge is 0.439 e. The van der Waals surface area contributed by atoms with Gasteiger partial charge in [-0.25, -0.2) is 4.98 Å². The van der Waals surface area contributed by atoms with Crippen LogP contribution in [0.4, 0.5) is 0 Å². The van der Waals surface area contributed by atoms with Gasteiger partial charge in [0.2, 0.25) is 5.89 Å². The number of nitrogens with one attached hydrogen (secondary N) is 1. The Kier molecular flexibility index (Phi) is 9.37. The molecule has 0 bridgehead atoms. The zero-order valence-electron chi connectivity index (χ0n) is 14.1. The van der Waals surface area contributed by atoms with E-state index in [1.165, 1.54) is 12.8 Å². The predicted molar refractivity (Wildman–Crippen MR) is 103 cm³/mol. The summed E-state index contributed by atoms with van der Waals surface area (Å²) in [5.41, 5.74) is 1.09. The highest BCUT2D eigenvalue weighted by Crippen LogP contribution is 2.22. The average Bonchev–Trinajstić information content (AvgIpc) is 3.04. The Hall–Kier alpha value is -1.07. The first-order valence-electron chi connectivity index (χ1n) is 8.28. The number of halogens is 2. The predicted octanol–water partition coefficient (Wildman–Crippen LogP) is 4.01. The molecule has 0 amide bonds. The molecule has 0 radical (unpaired) electrons. The van der Waals surface area contributed by atoms with Crippen LogP contribution in [-0.2, 0) is 6.54 Å². The monoisotopic (exact) mass is 371 g/mol. The molecule has 2 aromatic rings. The summed E-state index contributed by atoms with van der Waals surface area (Å²) in [4.78, 5) is 6.88. The summed E-state index contributed by atoms with van der Waals surface area (Å²) in [7, 11) is 0. The number of oxazole rings is 1. The van der Waals surface area contributed by atoms with Gasteiger partial charge in [0.25, 0.3) is 0 Å². The minimum Gasteiger partial charge on any atom is -0.439 e. The Bertz CT molecular complexity index is 569. The Morgan fingerprint density at radius 1 is 1.17 bits per heavy atom. The van der Waals surface area contributed by atoms with Gasteiger partial charge in [0.1, 0.15) is 0 Å². The molecule has 0 unspecified atom stereocenters. The van der Waals surface area contributed by atoms with E-state index in [0.29, 0.717) is 0 Å². The number of benzene rings is 1. The molecule has 0 aliphatic carbocycles. The van der Waals surface area contributed by atoms with Gasteiger partial charge in [0.15, 0.2) is 5.76 Å². The molecule has 3 rings (SSSR count). The zero-order chi connectivity index (χ0) is 15.2. The number of aromatic nitrogens is 1. The molecule has 134 valence electrons. The van der Waals surface area contributed by atoms with Crippen molar-refractivity contribution in [3.05, 3.63) is 42.4 Å². The van der Waals surface area contributed by atoms with Gasteiger partial charge in [-0.1, -0.05) is 37.3 Å². The average molecular weight is 372 g/mol. The minimum atomic E-state index is 0. The van der Waals surface area contributed by atoms with Crippen LogP contribution in [0.25, 0.3) is 11.3 Å². The van der Waals surface area contributed by atoms with Crippen LogP contribution < -0.4 is 5.32 Å². The maximum absolute atomic E-state index is 5.90. The minimum absolute atomic E-state index is 0. The van der Waals surface area contributed by atoms with Crippen LogP contribution in [0.5, 0.6) is 0 Å². The Morgan fingerprint density at radius 2 is 1.88 bits per heavy atom. The number of likely N-dealkylation sites (tertiary alicyclic amines) is 1. The number of hydrogen-bond acceptors (Lipinski definition) is 4. The molecule has 1 N–H and O–H groups in total. The highest BCUT2D eigenvalue weighted by atomic mass is 35.5. The smallest absolute Gasteiger partial charge is 0.209 e. The molecular weight excluding hydrogens is 345 g/mol. The Balaban J connectivity index is 0.00000144. The van der Waals surface area contributed by atoms with Gasteiger partial charge in [-0.2, -0.15) is 0 Å². The van der Waals surface area contributed by atoms with Crippen molar-refractivity contribution in [2.75, 3.05) is 26.2 Å². The summed E-state index contributed by atoms with van der Waals surface area (Å²) in [6.07, 6.45) is 4.36. The van der Waals surface area contributed by atoms with E-state index in [1.54, 1.807) is 0 Å². The fourth-order valence-corrected chi connectivity index (χ4v) is 3.01. The van der Waals surface area contributed by atoms with E-state index in [1.807, 2.05) is 24.4 Å². The summed E-state index contributed by atoms with van der Waals surface area (Å²) < 4.78 is 5.90. The lowest BCUT2D eigenvalue weighted by molar-refractivity contribution is 0.163. The first-order valence-corrected chi connectivity index (χ1v) is 8.28. The van der Waals surface area contributed by atoms with E-state index in [0.717, 1.165) is 55.9 Å². The molecule has 0 saturated carbocycles. The normalized spacial score (nSPS) is 15.5. The van der Waals surface area contributed by atoms with Crippen LogP contribution in [0, 0.1) is 5.92 Å². The van der Waals surface area contributed by atoms with E-state index in [-0.39, 0.29) is 24.8 Å². The first-order chi connectivity index (χ1) is 10.8. The van der Waals surface area contributed by atoms with Crippen molar-refractivity contribution in [2.24, 2.45) is 5.92 Å². The van der Waals surface area contributed by atoms with Crippen LogP contribution in [0.1, 0.15) is 25.7 Å². The van der Waals surface area contributed by atoms with Crippen molar-refractivity contribution in [3.63, 3.8) is 0 Å². The molecule has 1 aliphatic rings. The van der Waals surface area contributed by atoms with Crippen LogP contribution >= 0.6 is 24.8 Å². The lowest BCUT2D eigenvalue weighted by Gasteiger charge is -2.31. The number of nitrogens with zero attached hydrogens (tertiary/aromatic N) is 2. The van der Waals surface area contributed by atoms with Gasteiger partial charge in [0.05, 0.1) is 12.7 Å². The SMILES string of the molecule is CCNCC1CCN(Cc2ncc(-c3ccccc3)o2)CC1.Cl.Cl. The summed E-state index contributed by atoms with van der Waals surface area (Å²) in [5, 5.41) is 3.45. The first kappa shape index (κ1) is 21.0. The van der Waals surface area contributed by atoms with Crippen LogP contribution in [0.3, 0.4) is 0 Å². The molecule has 0 atom stereocenters. The van der Waals surface area contributed by atoms with Gasteiger partial charge < -0.3 is 9.73 Å². The Morgan fingerprint density at radius 3 is 2.54 bits per heavy atom. The van der Waals surface area contributed by atoms with Crippen molar-refractivity contribution < 1.29 is 4.42 Å².